The van der Waals surface area contributed by atoms with E-state index in [9.17, 15) is 13.2 Å². The van der Waals surface area contributed by atoms with Gasteiger partial charge in [0.2, 0.25) is 0 Å². The van der Waals surface area contributed by atoms with Gasteiger partial charge in [-0.2, -0.15) is 13.2 Å². The van der Waals surface area contributed by atoms with Crippen LogP contribution in [0.15, 0.2) is 6.07 Å². The molecule has 1 fully saturated rings. The average Bonchev–Trinajstić information content (AvgIpc) is 2.27. The number of hydrogen-bond donors (Lipinski definition) is 0. The standard InChI is InChI=1S/C12H16F3N3/c1-8-6-11(17-9(2)16-8)18-5-3-4-10(7-18)12(13,14)15/h6,10H,3-5,7H2,1-2H3. The molecule has 6 heteroatoms. The monoisotopic (exact) mass is 259 g/mol. The molecule has 0 aliphatic carbocycles. The van der Waals surface area contributed by atoms with Gasteiger partial charge in [-0.15, -0.1) is 0 Å². The lowest BCUT2D eigenvalue weighted by molar-refractivity contribution is -0.176. The summed E-state index contributed by atoms with van der Waals surface area (Å²) in [7, 11) is 0. The highest BCUT2D eigenvalue weighted by Gasteiger charge is 2.42. The third-order valence-corrected chi connectivity index (χ3v) is 3.16. The molecule has 1 aromatic heterocycles. The molecule has 1 aromatic rings. The number of piperidine rings is 1. The molecule has 1 aliphatic rings. The van der Waals surface area contributed by atoms with Gasteiger partial charge < -0.3 is 4.90 Å². The lowest BCUT2D eigenvalue weighted by Gasteiger charge is -2.34. The Hall–Kier alpha value is -1.33. The van der Waals surface area contributed by atoms with Crippen LogP contribution in [0.25, 0.3) is 0 Å². The Morgan fingerprint density at radius 1 is 1.28 bits per heavy atom. The summed E-state index contributed by atoms with van der Waals surface area (Å²) in [4.78, 5) is 10.1. The summed E-state index contributed by atoms with van der Waals surface area (Å²) >= 11 is 0. The van der Waals surface area contributed by atoms with Gasteiger partial charge >= 0.3 is 6.18 Å². The van der Waals surface area contributed by atoms with Crippen LogP contribution in [0.2, 0.25) is 0 Å². The Morgan fingerprint density at radius 2 is 2.00 bits per heavy atom. The maximum atomic E-state index is 12.7. The predicted molar refractivity (Wildman–Crippen MR) is 62.5 cm³/mol. The smallest absolute Gasteiger partial charge is 0.356 e. The average molecular weight is 259 g/mol. The number of aryl methyl sites for hydroxylation is 2. The fraction of sp³-hybridized carbons (Fsp3) is 0.667. The maximum absolute atomic E-state index is 12.7. The van der Waals surface area contributed by atoms with E-state index >= 15 is 0 Å². The first-order chi connectivity index (χ1) is 8.36. The fourth-order valence-corrected chi connectivity index (χ4v) is 2.31. The minimum absolute atomic E-state index is 0.000602. The van der Waals surface area contributed by atoms with E-state index in [0.29, 0.717) is 24.6 Å². The van der Waals surface area contributed by atoms with Crippen molar-refractivity contribution in [1.82, 2.24) is 9.97 Å². The number of alkyl halides is 3. The zero-order chi connectivity index (χ0) is 13.3. The molecule has 0 aromatic carbocycles. The molecule has 2 heterocycles. The van der Waals surface area contributed by atoms with Gasteiger partial charge in [0.1, 0.15) is 11.6 Å². The SMILES string of the molecule is Cc1cc(N2CCCC(C(F)(F)F)C2)nc(C)n1. The normalized spacial score (nSPS) is 21.2. The Kier molecular flexibility index (Phi) is 3.45. The van der Waals surface area contributed by atoms with Crippen molar-refractivity contribution in [3.63, 3.8) is 0 Å². The van der Waals surface area contributed by atoms with Crippen molar-refractivity contribution in [1.29, 1.82) is 0 Å². The van der Waals surface area contributed by atoms with Crippen LogP contribution < -0.4 is 4.90 Å². The van der Waals surface area contributed by atoms with E-state index in [-0.39, 0.29) is 13.0 Å². The molecule has 0 N–H and O–H groups in total. The summed E-state index contributed by atoms with van der Waals surface area (Å²) < 4.78 is 38.2. The molecule has 3 nitrogen and oxygen atoms in total. The van der Waals surface area contributed by atoms with Crippen LogP contribution in [0.4, 0.5) is 19.0 Å². The van der Waals surface area contributed by atoms with Crippen molar-refractivity contribution in [3.8, 4) is 0 Å². The summed E-state index contributed by atoms with van der Waals surface area (Å²) in [5.74, 6) is -0.0464. The minimum Gasteiger partial charge on any atom is -0.356 e. The van der Waals surface area contributed by atoms with Crippen molar-refractivity contribution in [3.05, 3.63) is 17.6 Å². The largest absolute Gasteiger partial charge is 0.393 e. The lowest BCUT2D eigenvalue weighted by Crippen LogP contribution is -2.42. The molecule has 18 heavy (non-hydrogen) atoms. The van der Waals surface area contributed by atoms with Crippen LogP contribution in [0.3, 0.4) is 0 Å². The van der Waals surface area contributed by atoms with Gasteiger partial charge in [0.15, 0.2) is 0 Å². The van der Waals surface area contributed by atoms with E-state index in [2.05, 4.69) is 9.97 Å². The molecule has 0 saturated carbocycles. The van der Waals surface area contributed by atoms with Crippen molar-refractivity contribution < 1.29 is 13.2 Å². The van der Waals surface area contributed by atoms with E-state index in [1.54, 1.807) is 17.9 Å². The summed E-state index contributed by atoms with van der Waals surface area (Å²) in [6, 6.07) is 1.74. The molecular formula is C12H16F3N3. The van der Waals surface area contributed by atoms with Crippen molar-refractivity contribution >= 4 is 5.82 Å². The molecule has 0 bridgehead atoms. The van der Waals surface area contributed by atoms with Gasteiger partial charge in [0.05, 0.1) is 5.92 Å². The first kappa shape index (κ1) is 13.1. The molecule has 0 amide bonds. The van der Waals surface area contributed by atoms with E-state index in [0.717, 1.165) is 5.69 Å². The van der Waals surface area contributed by atoms with Crippen molar-refractivity contribution in [2.24, 2.45) is 5.92 Å². The first-order valence-corrected chi connectivity index (χ1v) is 6.00. The Labute approximate surface area is 104 Å². The molecule has 1 aliphatic heterocycles. The zero-order valence-electron chi connectivity index (χ0n) is 10.5. The van der Waals surface area contributed by atoms with Gasteiger partial charge in [-0.1, -0.05) is 0 Å². The summed E-state index contributed by atoms with van der Waals surface area (Å²) in [5.41, 5.74) is 0.784. The van der Waals surface area contributed by atoms with Crippen LogP contribution in [0.1, 0.15) is 24.4 Å². The van der Waals surface area contributed by atoms with Gasteiger partial charge in [-0.25, -0.2) is 9.97 Å². The number of hydrogen-bond acceptors (Lipinski definition) is 3. The highest BCUT2D eigenvalue weighted by Crippen LogP contribution is 2.34. The second-order valence-electron chi connectivity index (χ2n) is 4.74. The molecule has 0 radical (unpaired) electrons. The van der Waals surface area contributed by atoms with Gasteiger partial charge in [-0.05, 0) is 26.7 Å². The molecule has 0 spiro atoms. The minimum atomic E-state index is -4.12. The van der Waals surface area contributed by atoms with Crippen molar-refractivity contribution in [2.75, 3.05) is 18.0 Å². The molecule has 1 unspecified atom stereocenters. The van der Waals surface area contributed by atoms with Crippen LogP contribution in [0.5, 0.6) is 0 Å². The number of nitrogens with zero attached hydrogens (tertiary/aromatic N) is 3. The van der Waals surface area contributed by atoms with E-state index < -0.39 is 12.1 Å². The highest BCUT2D eigenvalue weighted by molar-refractivity contribution is 5.40. The summed E-state index contributed by atoms with van der Waals surface area (Å²) in [5, 5.41) is 0. The van der Waals surface area contributed by atoms with E-state index in [1.165, 1.54) is 0 Å². The second kappa shape index (κ2) is 4.74. The first-order valence-electron chi connectivity index (χ1n) is 6.00. The topological polar surface area (TPSA) is 29.0 Å². The van der Waals surface area contributed by atoms with Gasteiger partial charge in [0, 0.05) is 24.8 Å². The van der Waals surface area contributed by atoms with Crippen LogP contribution in [0, 0.1) is 19.8 Å². The van der Waals surface area contributed by atoms with Crippen LogP contribution in [-0.4, -0.2) is 29.2 Å². The lowest BCUT2D eigenvalue weighted by atomic mass is 9.97. The molecule has 1 atom stereocenters. The number of aromatic nitrogens is 2. The Balaban J connectivity index is 2.18. The van der Waals surface area contributed by atoms with E-state index in [1.807, 2.05) is 6.92 Å². The molecule has 2 rings (SSSR count). The number of rotatable bonds is 1. The Bertz CT molecular complexity index is 411. The third kappa shape index (κ3) is 2.91. The predicted octanol–water partition coefficient (Wildman–Crippen LogP) is 2.87. The summed E-state index contributed by atoms with van der Waals surface area (Å²) in [6.45, 7) is 4.20. The molecular weight excluding hydrogens is 243 g/mol. The number of halogens is 3. The molecule has 1 saturated heterocycles. The maximum Gasteiger partial charge on any atom is 0.393 e. The van der Waals surface area contributed by atoms with Crippen LogP contribution in [-0.2, 0) is 0 Å². The van der Waals surface area contributed by atoms with Gasteiger partial charge in [0.25, 0.3) is 0 Å². The fourth-order valence-electron chi connectivity index (χ4n) is 2.31. The zero-order valence-corrected chi connectivity index (χ0v) is 10.5. The Morgan fingerprint density at radius 3 is 2.61 bits per heavy atom. The third-order valence-electron chi connectivity index (χ3n) is 3.16. The quantitative estimate of drug-likeness (QED) is 0.776. The number of anilines is 1. The summed E-state index contributed by atoms with van der Waals surface area (Å²) in [6.07, 6.45) is -3.36. The second-order valence-corrected chi connectivity index (χ2v) is 4.74. The van der Waals surface area contributed by atoms with Gasteiger partial charge in [-0.3, -0.25) is 0 Å². The van der Waals surface area contributed by atoms with Crippen molar-refractivity contribution in [2.45, 2.75) is 32.9 Å². The molecule has 100 valence electrons. The van der Waals surface area contributed by atoms with E-state index in [4.69, 9.17) is 0 Å². The van der Waals surface area contributed by atoms with Crippen LogP contribution >= 0.6 is 0 Å². The highest BCUT2D eigenvalue weighted by atomic mass is 19.4.